The number of ether oxygens (including phenoxy) is 1. The molecule has 0 aromatic carbocycles. The van der Waals surface area contributed by atoms with Crippen LogP contribution in [0.5, 0.6) is 0 Å². The van der Waals surface area contributed by atoms with Crippen molar-refractivity contribution in [3.63, 3.8) is 0 Å². The van der Waals surface area contributed by atoms with Gasteiger partial charge in [-0.25, -0.2) is 13.6 Å². The summed E-state index contributed by atoms with van der Waals surface area (Å²) in [5, 5.41) is 0. The minimum Gasteiger partial charge on any atom is -0.444 e. The average molecular weight is 292 g/mol. The minimum absolute atomic E-state index is 0.137. The van der Waals surface area contributed by atoms with Gasteiger partial charge in [-0.15, -0.1) is 0 Å². The maximum Gasteiger partial charge on any atom is 0.410 e. The van der Waals surface area contributed by atoms with Gasteiger partial charge in [-0.3, -0.25) is 0 Å². The zero-order valence-electron chi connectivity index (χ0n) is 12.8. The largest absolute Gasteiger partial charge is 0.444 e. The fraction of sp³-hybridized carbons (Fsp3) is 0.929. The second-order valence-electron chi connectivity index (χ2n) is 6.92. The molecule has 1 atom stereocenters. The van der Waals surface area contributed by atoms with Crippen molar-refractivity contribution in [3.8, 4) is 0 Å². The van der Waals surface area contributed by atoms with Gasteiger partial charge in [0.05, 0.1) is 5.54 Å². The van der Waals surface area contributed by atoms with Crippen LogP contribution in [0.3, 0.4) is 0 Å². The lowest BCUT2D eigenvalue weighted by atomic mass is 9.84. The summed E-state index contributed by atoms with van der Waals surface area (Å²) in [6.07, 6.45) is -1.18. The monoisotopic (exact) mass is 292 g/mol. The maximum atomic E-state index is 12.7. The van der Waals surface area contributed by atoms with Gasteiger partial charge in [0.25, 0.3) is 6.43 Å². The van der Waals surface area contributed by atoms with Gasteiger partial charge in [0.1, 0.15) is 5.60 Å². The number of carbonyl (C=O) groups excluding carboxylic acids is 1. The number of amides is 1. The predicted octanol–water partition coefficient (Wildman–Crippen LogP) is 3.01. The standard InChI is InChI=1S/C14H26F2N2O2/c1-13(2,3)20-12(19)18-7-5-10(6-8-18)9-14(4,17)11(15)16/h10-11H,5-9,17H2,1-4H3. The molecule has 1 heterocycles. The highest BCUT2D eigenvalue weighted by atomic mass is 19.3. The molecule has 118 valence electrons. The van der Waals surface area contributed by atoms with Crippen molar-refractivity contribution in [3.05, 3.63) is 0 Å². The summed E-state index contributed by atoms with van der Waals surface area (Å²) in [5.41, 5.74) is 3.65. The zero-order chi connectivity index (χ0) is 15.6. The first kappa shape index (κ1) is 17.1. The summed E-state index contributed by atoms with van der Waals surface area (Å²) >= 11 is 0. The van der Waals surface area contributed by atoms with Crippen molar-refractivity contribution >= 4 is 6.09 Å². The van der Waals surface area contributed by atoms with E-state index in [4.69, 9.17) is 10.5 Å². The molecular weight excluding hydrogens is 266 g/mol. The Morgan fingerprint density at radius 1 is 1.30 bits per heavy atom. The quantitative estimate of drug-likeness (QED) is 0.870. The Morgan fingerprint density at radius 2 is 1.80 bits per heavy atom. The van der Waals surface area contributed by atoms with E-state index in [-0.39, 0.29) is 18.4 Å². The van der Waals surface area contributed by atoms with Crippen LogP contribution in [-0.4, -0.2) is 41.6 Å². The van der Waals surface area contributed by atoms with Gasteiger partial charge in [0, 0.05) is 13.1 Å². The van der Waals surface area contributed by atoms with Crippen LogP contribution in [0.25, 0.3) is 0 Å². The average Bonchev–Trinajstić information content (AvgIpc) is 2.26. The number of carbonyl (C=O) groups is 1. The molecule has 1 fully saturated rings. The van der Waals surface area contributed by atoms with E-state index in [1.807, 2.05) is 20.8 Å². The summed E-state index contributed by atoms with van der Waals surface area (Å²) in [4.78, 5) is 13.5. The lowest BCUT2D eigenvalue weighted by Crippen LogP contribution is -2.48. The molecule has 1 rings (SSSR count). The molecule has 0 aromatic rings. The fourth-order valence-electron chi connectivity index (χ4n) is 2.36. The molecular formula is C14H26F2N2O2. The first-order valence-electron chi connectivity index (χ1n) is 7.06. The van der Waals surface area contributed by atoms with Crippen LogP contribution < -0.4 is 5.73 Å². The molecule has 0 spiro atoms. The molecule has 0 aromatic heterocycles. The van der Waals surface area contributed by atoms with E-state index in [0.717, 1.165) is 0 Å². The van der Waals surface area contributed by atoms with Crippen LogP contribution in [0.15, 0.2) is 0 Å². The fourth-order valence-corrected chi connectivity index (χ4v) is 2.36. The van der Waals surface area contributed by atoms with Crippen molar-refractivity contribution in [2.45, 2.75) is 64.5 Å². The summed E-state index contributed by atoms with van der Waals surface area (Å²) in [6, 6.07) is 0. The van der Waals surface area contributed by atoms with E-state index >= 15 is 0 Å². The Kier molecular flexibility index (Phi) is 5.35. The summed E-state index contributed by atoms with van der Waals surface area (Å²) in [6.45, 7) is 7.93. The summed E-state index contributed by atoms with van der Waals surface area (Å²) in [5.74, 6) is 0.137. The van der Waals surface area contributed by atoms with Crippen LogP contribution in [0.4, 0.5) is 13.6 Å². The van der Waals surface area contributed by atoms with Crippen LogP contribution in [0, 0.1) is 5.92 Å². The van der Waals surface area contributed by atoms with E-state index in [0.29, 0.717) is 25.9 Å². The highest BCUT2D eigenvalue weighted by Crippen LogP contribution is 2.29. The molecule has 20 heavy (non-hydrogen) atoms. The lowest BCUT2D eigenvalue weighted by molar-refractivity contribution is 0.0120. The van der Waals surface area contributed by atoms with E-state index in [2.05, 4.69) is 0 Å². The van der Waals surface area contributed by atoms with Crippen LogP contribution in [0.1, 0.15) is 47.0 Å². The van der Waals surface area contributed by atoms with E-state index in [1.54, 1.807) is 4.90 Å². The summed E-state index contributed by atoms with van der Waals surface area (Å²) < 4.78 is 30.8. The SMILES string of the molecule is CC(C)(C)OC(=O)N1CCC(CC(C)(N)C(F)F)CC1. The van der Waals surface area contributed by atoms with E-state index in [1.165, 1.54) is 6.92 Å². The molecule has 4 nitrogen and oxygen atoms in total. The van der Waals surface area contributed by atoms with Crippen molar-refractivity contribution in [1.29, 1.82) is 0 Å². The summed E-state index contributed by atoms with van der Waals surface area (Å²) in [7, 11) is 0. The maximum absolute atomic E-state index is 12.7. The molecule has 1 unspecified atom stereocenters. The molecule has 1 aliphatic rings. The zero-order valence-corrected chi connectivity index (χ0v) is 12.8. The third kappa shape index (κ3) is 5.23. The number of alkyl halides is 2. The molecule has 0 radical (unpaired) electrons. The Morgan fingerprint density at radius 3 is 2.20 bits per heavy atom. The van der Waals surface area contributed by atoms with Crippen LogP contribution in [-0.2, 0) is 4.74 Å². The van der Waals surface area contributed by atoms with Crippen LogP contribution in [0.2, 0.25) is 0 Å². The molecule has 6 heteroatoms. The van der Waals surface area contributed by atoms with Crippen molar-refractivity contribution in [1.82, 2.24) is 4.90 Å². The van der Waals surface area contributed by atoms with Gasteiger partial charge in [-0.1, -0.05) is 0 Å². The number of hydrogen-bond donors (Lipinski definition) is 1. The number of likely N-dealkylation sites (tertiary alicyclic amines) is 1. The number of hydrogen-bond acceptors (Lipinski definition) is 3. The van der Waals surface area contributed by atoms with Gasteiger partial charge in [0.2, 0.25) is 0 Å². The molecule has 1 amide bonds. The Balaban J connectivity index is 2.42. The topological polar surface area (TPSA) is 55.6 Å². The predicted molar refractivity (Wildman–Crippen MR) is 73.7 cm³/mol. The number of halogens is 2. The highest BCUT2D eigenvalue weighted by Gasteiger charge is 2.35. The molecule has 0 saturated carbocycles. The number of nitrogens with zero attached hydrogens (tertiary/aromatic N) is 1. The minimum atomic E-state index is -2.52. The lowest BCUT2D eigenvalue weighted by Gasteiger charge is -2.36. The Bertz CT molecular complexity index is 333. The molecule has 0 aliphatic carbocycles. The van der Waals surface area contributed by atoms with Gasteiger partial charge in [-0.05, 0) is 52.9 Å². The Labute approximate surface area is 119 Å². The van der Waals surface area contributed by atoms with Crippen molar-refractivity contribution in [2.75, 3.05) is 13.1 Å². The number of nitrogens with two attached hydrogens (primary N) is 1. The molecule has 1 aliphatic heterocycles. The van der Waals surface area contributed by atoms with Crippen molar-refractivity contribution < 1.29 is 18.3 Å². The van der Waals surface area contributed by atoms with Gasteiger partial charge < -0.3 is 15.4 Å². The number of rotatable bonds is 3. The second kappa shape index (κ2) is 6.24. The molecule has 2 N–H and O–H groups in total. The van der Waals surface area contributed by atoms with Crippen LogP contribution >= 0.6 is 0 Å². The van der Waals surface area contributed by atoms with E-state index in [9.17, 15) is 13.6 Å². The van der Waals surface area contributed by atoms with Gasteiger partial charge in [-0.2, -0.15) is 0 Å². The molecule has 1 saturated heterocycles. The Hall–Kier alpha value is -0.910. The van der Waals surface area contributed by atoms with Gasteiger partial charge in [0.15, 0.2) is 0 Å². The van der Waals surface area contributed by atoms with Crippen molar-refractivity contribution in [2.24, 2.45) is 11.7 Å². The third-order valence-corrected chi connectivity index (χ3v) is 3.49. The van der Waals surface area contributed by atoms with E-state index < -0.39 is 17.6 Å². The first-order valence-corrected chi connectivity index (χ1v) is 7.06. The number of piperidine rings is 1. The normalized spacial score (nSPS) is 20.9. The first-order chi connectivity index (χ1) is 9.01. The smallest absolute Gasteiger partial charge is 0.410 e. The third-order valence-electron chi connectivity index (χ3n) is 3.49. The second-order valence-corrected chi connectivity index (χ2v) is 6.92. The highest BCUT2D eigenvalue weighted by molar-refractivity contribution is 5.68. The van der Waals surface area contributed by atoms with Gasteiger partial charge >= 0.3 is 6.09 Å². The molecule has 0 bridgehead atoms.